The number of sulfone groups is 1. The summed E-state index contributed by atoms with van der Waals surface area (Å²) in [6, 6.07) is 0. The molecule has 0 saturated heterocycles. The molecule has 64 valence electrons. The second-order valence-electron chi connectivity index (χ2n) is 3.24. The molecule has 3 heteroatoms. The highest BCUT2D eigenvalue weighted by Crippen LogP contribution is 2.31. The average Bonchev–Trinajstić information content (AvgIpc) is 2.06. The number of hydrogen-bond acceptors (Lipinski definition) is 2. The molecule has 2 unspecified atom stereocenters. The lowest BCUT2D eigenvalue weighted by Gasteiger charge is -2.06. The molecule has 1 rings (SSSR count). The topological polar surface area (TPSA) is 34.1 Å². The second kappa shape index (κ2) is 2.34. The minimum atomic E-state index is -2.88. The van der Waals surface area contributed by atoms with Crippen LogP contribution in [0.4, 0.5) is 0 Å². The summed E-state index contributed by atoms with van der Waals surface area (Å²) >= 11 is 0. The fraction of sp³-hybridized carbons (Fsp3) is 0.750. The van der Waals surface area contributed by atoms with Gasteiger partial charge in [-0.3, -0.25) is 0 Å². The Kier molecular flexibility index (Phi) is 1.87. The van der Waals surface area contributed by atoms with Crippen molar-refractivity contribution in [3.63, 3.8) is 0 Å². The van der Waals surface area contributed by atoms with Gasteiger partial charge in [0.25, 0.3) is 0 Å². The first-order valence-corrected chi connectivity index (χ1v) is 5.40. The van der Waals surface area contributed by atoms with Gasteiger partial charge in [-0.2, -0.15) is 0 Å². The molecule has 0 aliphatic carbocycles. The summed E-state index contributed by atoms with van der Waals surface area (Å²) in [4.78, 5) is 0. The third-order valence-electron chi connectivity index (χ3n) is 2.83. The maximum absolute atomic E-state index is 11.5. The van der Waals surface area contributed by atoms with E-state index in [0.29, 0.717) is 0 Å². The third-order valence-corrected chi connectivity index (χ3v) is 5.51. The smallest absolute Gasteiger partial charge is 0.163 e. The molecule has 0 saturated carbocycles. The largest absolute Gasteiger partial charge is 0.228 e. The fourth-order valence-electron chi connectivity index (χ4n) is 1.44. The van der Waals surface area contributed by atoms with Crippen LogP contribution < -0.4 is 0 Å². The first kappa shape index (κ1) is 8.78. The van der Waals surface area contributed by atoms with Crippen LogP contribution in [0, 0.1) is 0 Å². The van der Waals surface area contributed by atoms with Gasteiger partial charge in [0, 0.05) is 0 Å². The molecule has 11 heavy (non-hydrogen) atoms. The van der Waals surface area contributed by atoms with Gasteiger partial charge in [0.05, 0.1) is 10.5 Å². The molecule has 0 N–H and O–H groups in total. The van der Waals surface area contributed by atoms with Crippen LogP contribution in [-0.2, 0) is 9.84 Å². The summed E-state index contributed by atoms with van der Waals surface area (Å²) in [5.41, 5.74) is 2.05. The van der Waals surface area contributed by atoms with E-state index in [0.717, 1.165) is 11.1 Å². The lowest BCUT2D eigenvalue weighted by molar-refractivity contribution is 0.588. The van der Waals surface area contributed by atoms with E-state index in [1.54, 1.807) is 13.8 Å². The summed E-state index contributed by atoms with van der Waals surface area (Å²) in [5.74, 6) is 0. The molecule has 2 nitrogen and oxygen atoms in total. The van der Waals surface area contributed by atoms with Crippen molar-refractivity contribution in [3.05, 3.63) is 11.1 Å². The monoisotopic (exact) mass is 174 g/mol. The highest BCUT2D eigenvalue weighted by molar-refractivity contribution is 7.93. The first-order valence-electron chi connectivity index (χ1n) is 3.79. The number of rotatable bonds is 0. The molecule has 0 aromatic carbocycles. The van der Waals surface area contributed by atoms with Gasteiger partial charge in [-0.05, 0) is 27.7 Å². The summed E-state index contributed by atoms with van der Waals surface area (Å²) in [7, 11) is -2.88. The molecule has 1 aliphatic heterocycles. The summed E-state index contributed by atoms with van der Waals surface area (Å²) < 4.78 is 22.9. The van der Waals surface area contributed by atoms with Gasteiger partial charge in [-0.1, -0.05) is 11.1 Å². The van der Waals surface area contributed by atoms with Gasteiger partial charge >= 0.3 is 0 Å². The van der Waals surface area contributed by atoms with E-state index >= 15 is 0 Å². The Labute approximate surface area is 68.2 Å². The number of hydrogen-bond donors (Lipinski definition) is 0. The van der Waals surface area contributed by atoms with Crippen molar-refractivity contribution in [2.24, 2.45) is 0 Å². The van der Waals surface area contributed by atoms with E-state index in [-0.39, 0.29) is 10.5 Å². The molecule has 2 atom stereocenters. The molecule has 0 fully saturated rings. The van der Waals surface area contributed by atoms with E-state index in [4.69, 9.17) is 0 Å². The van der Waals surface area contributed by atoms with Crippen LogP contribution in [0.15, 0.2) is 11.1 Å². The zero-order valence-electron chi connectivity index (χ0n) is 7.38. The molecule has 0 aromatic rings. The average molecular weight is 174 g/mol. The van der Waals surface area contributed by atoms with Crippen molar-refractivity contribution in [1.82, 2.24) is 0 Å². The van der Waals surface area contributed by atoms with Crippen LogP contribution in [-0.4, -0.2) is 18.9 Å². The molecule has 1 heterocycles. The van der Waals surface area contributed by atoms with Crippen LogP contribution in [0.5, 0.6) is 0 Å². The Bertz CT molecular complexity index is 274. The van der Waals surface area contributed by atoms with Crippen LogP contribution in [0.3, 0.4) is 0 Å². The minimum absolute atomic E-state index is 0.266. The Morgan fingerprint density at radius 3 is 1.36 bits per heavy atom. The van der Waals surface area contributed by atoms with Gasteiger partial charge in [0.1, 0.15) is 0 Å². The van der Waals surface area contributed by atoms with Crippen molar-refractivity contribution < 1.29 is 8.42 Å². The van der Waals surface area contributed by atoms with E-state index in [9.17, 15) is 8.42 Å². The van der Waals surface area contributed by atoms with Crippen molar-refractivity contribution in [2.75, 3.05) is 0 Å². The second-order valence-corrected chi connectivity index (χ2v) is 5.83. The molecule has 0 bridgehead atoms. The molecule has 0 spiro atoms. The SMILES string of the molecule is CC1=C(C)C(C)S(=O)(=O)C1C. The summed E-state index contributed by atoms with van der Waals surface area (Å²) in [6.45, 7) is 7.33. The van der Waals surface area contributed by atoms with Crippen LogP contribution in [0.2, 0.25) is 0 Å². The van der Waals surface area contributed by atoms with E-state index in [2.05, 4.69) is 0 Å². The molecular weight excluding hydrogens is 160 g/mol. The zero-order valence-corrected chi connectivity index (χ0v) is 8.20. The van der Waals surface area contributed by atoms with Gasteiger partial charge in [-0.25, -0.2) is 8.42 Å². The summed E-state index contributed by atoms with van der Waals surface area (Å²) in [6.07, 6.45) is 0. The van der Waals surface area contributed by atoms with E-state index in [1.807, 2.05) is 13.8 Å². The van der Waals surface area contributed by atoms with E-state index < -0.39 is 9.84 Å². The van der Waals surface area contributed by atoms with Gasteiger partial charge in [0.15, 0.2) is 9.84 Å². The Balaban J connectivity index is 3.24. The standard InChI is InChI=1S/C8H14O2S/c1-5-6(2)8(4)11(9,10)7(5)3/h7-8H,1-4H3. The van der Waals surface area contributed by atoms with E-state index in [1.165, 1.54) is 0 Å². The maximum atomic E-state index is 11.5. The normalized spacial score (nSPS) is 36.4. The van der Waals surface area contributed by atoms with Crippen LogP contribution >= 0.6 is 0 Å². The van der Waals surface area contributed by atoms with Gasteiger partial charge in [-0.15, -0.1) is 0 Å². The van der Waals surface area contributed by atoms with Crippen LogP contribution in [0.1, 0.15) is 27.7 Å². The predicted octanol–water partition coefficient (Wildman–Crippen LogP) is 1.53. The minimum Gasteiger partial charge on any atom is -0.228 e. The molecular formula is C8H14O2S. The Morgan fingerprint density at radius 1 is 1.00 bits per heavy atom. The first-order chi connectivity index (χ1) is 4.89. The zero-order chi connectivity index (χ0) is 8.81. The molecule has 0 amide bonds. The Morgan fingerprint density at radius 2 is 1.27 bits per heavy atom. The molecule has 0 radical (unpaired) electrons. The summed E-state index contributed by atoms with van der Waals surface area (Å²) in [5, 5.41) is -0.532. The quantitative estimate of drug-likeness (QED) is 0.522. The van der Waals surface area contributed by atoms with Crippen LogP contribution in [0.25, 0.3) is 0 Å². The molecule has 1 aliphatic rings. The highest BCUT2D eigenvalue weighted by atomic mass is 32.2. The fourth-order valence-corrected chi connectivity index (χ4v) is 3.41. The van der Waals surface area contributed by atoms with Crippen molar-refractivity contribution in [2.45, 2.75) is 38.2 Å². The maximum Gasteiger partial charge on any atom is 0.163 e. The van der Waals surface area contributed by atoms with Crippen molar-refractivity contribution in [3.8, 4) is 0 Å². The third kappa shape index (κ3) is 1.02. The van der Waals surface area contributed by atoms with Gasteiger partial charge in [0.2, 0.25) is 0 Å². The Hall–Kier alpha value is -0.310. The lowest BCUT2D eigenvalue weighted by Crippen LogP contribution is -2.21. The highest BCUT2D eigenvalue weighted by Gasteiger charge is 2.37. The van der Waals surface area contributed by atoms with Gasteiger partial charge < -0.3 is 0 Å². The predicted molar refractivity (Wildman–Crippen MR) is 46.2 cm³/mol. The molecule has 0 aromatic heterocycles. The lowest BCUT2D eigenvalue weighted by atomic mass is 10.1. The van der Waals surface area contributed by atoms with Crippen molar-refractivity contribution in [1.29, 1.82) is 0 Å². The van der Waals surface area contributed by atoms with Crippen molar-refractivity contribution >= 4 is 9.84 Å².